The van der Waals surface area contributed by atoms with Gasteiger partial charge in [0.15, 0.2) is 0 Å². The lowest BCUT2D eigenvalue weighted by Gasteiger charge is -2.07. The molecule has 14 heavy (non-hydrogen) atoms. The molecule has 0 aliphatic heterocycles. The number of guanidine groups is 1. The van der Waals surface area contributed by atoms with Crippen molar-refractivity contribution in [3.8, 4) is 0 Å². The van der Waals surface area contributed by atoms with Crippen LogP contribution < -0.4 is 16.6 Å². The normalized spacial score (nSPS) is 11.5. The second-order valence-corrected chi connectivity index (χ2v) is 2.96. The summed E-state index contributed by atoms with van der Waals surface area (Å²) in [4.78, 5) is 3.88. The molecule has 0 aromatic carbocycles. The highest BCUT2D eigenvalue weighted by atomic mass is 16.5. The highest BCUT2D eigenvalue weighted by Crippen LogP contribution is 1.88. The van der Waals surface area contributed by atoms with E-state index in [9.17, 15) is 0 Å². The zero-order chi connectivity index (χ0) is 10.6. The van der Waals surface area contributed by atoms with Crippen LogP contribution in [0.15, 0.2) is 4.99 Å². The number of hydrogen-bond donors (Lipinski definition) is 3. The van der Waals surface area contributed by atoms with Crippen LogP contribution >= 0.6 is 0 Å². The molecule has 0 saturated carbocycles. The summed E-state index contributed by atoms with van der Waals surface area (Å²) in [5.74, 6) is 5.80. The van der Waals surface area contributed by atoms with E-state index < -0.39 is 0 Å². The minimum absolute atomic E-state index is 0.610. The second kappa shape index (κ2) is 10.3. The van der Waals surface area contributed by atoms with Crippen molar-refractivity contribution in [2.75, 3.05) is 26.8 Å². The van der Waals surface area contributed by atoms with Crippen molar-refractivity contribution >= 4 is 5.96 Å². The molecule has 0 atom stereocenters. The number of hydrazine groups is 1. The molecule has 0 aliphatic rings. The van der Waals surface area contributed by atoms with Crippen molar-refractivity contribution in [3.63, 3.8) is 0 Å². The SMILES string of the molecule is CCCCOCCCNC(=NC)NN. The molecular weight excluding hydrogens is 180 g/mol. The van der Waals surface area contributed by atoms with Gasteiger partial charge in [0, 0.05) is 26.8 Å². The predicted molar refractivity (Wildman–Crippen MR) is 59.0 cm³/mol. The first-order valence-corrected chi connectivity index (χ1v) is 5.10. The molecule has 5 nitrogen and oxygen atoms in total. The number of nitrogens with zero attached hydrogens (tertiary/aromatic N) is 1. The van der Waals surface area contributed by atoms with E-state index in [2.05, 4.69) is 22.7 Å². The van der Waals surface area contributed by atoms with Gasteiger partial charge in [0.1, 0.15) is 0 Å². The van der Waals surface area contributed by atoms with Gasteiger partial charge in [-0.3, -0.25) is 10.4 Å². The molecule has 0 heterocycles. The van der Waals surface area contributed by atoms with E-state index in [1.165, 1.54) is 6.42 Å². The molecule has 0 radical (unpaired) electrons. The topological polar surface area (TPSA) is 71.7 Å². The third kappa shape index (κ3) is 7.82. The maximum absolute atomic E-state index is 5.39. The Morgan fingerprint density at radius 2 is 2.07 bits per heavy atom. The second-order valence-electron chi connectivity index (χ2n) is 2.96. The smallest absolute Gasteiger partial charge is 0.205 e. The first kappa shape index (κ1) is 13.2. The zero-order valence-corrected chi connectivity index (χ0v) is 9.18. The van der Waals surface area contributed by atoms with Gasteiger partial charge in [-0.15, -0.1) is 0 Å². The van der Waals surface area contributed by atoms with Gasteiger partial charge < -0.3 is 10.1 Å². The van der Waals surface area contributed by atoms with E-state index in [1.54, 1.807) is 7.05 Å². The minimum atomic E-state index is 0.610. The van der Waals surface area contributed by atoms with Crippen LogP contribution in [0.25, 0.3) is 0 Å². The molecule has 5 heteroatoms. The molecular formula is C9H22N4O. The Hall–Kier alpha value is -0.810. The van der Waals surface area contributed by atoms with Crippen LogP contribution in [-0.4, -0.2) is 32.8 Å². The lowest BCUT2D eigenvalue weighted by atomic mass is 10.4. The van der Waals surface area contributed by atoms with Crippen molar-refractivity contribution in [2.24, 2.45) is 10.8 Å². The Kier molecular flexibility index (Phi) is 9.68. The fourth-order valence-electron chi connectivity index (χ4n) is 0.924. The van der Waals surface area contributed by atoms with Gasteiger partial charge in [-0.25, -0.2) is 5.84 Å². The summed E-state index contributed by atoms with van der Waals surface area (Å²) in [7, 11) is 1.68. The first-order chi connectivity index (χ1) is 6.85. The quantitative estimate of drug-likeness (QED) is 0.182. The standard InChI is InChI=1S/C9H22N4O/c1-3-4-7-14-8-5-6-12-9(11-2)13-10/h3-8,10H2,1-2H3,(H2,11,12,13). The zero-order valence-electron chi connectivity index (χ0n) is 9.18. The van der Waals surface area contributed by atoms with Crippen molar-refractivity contribution in [1.82, 2.24) is 10.7 Å². The third-order valence-corrected chi connectivity index (χ3v) is 1.76. The Labute approximate surface area is 86.1 Å². The highest BCUT2D eigenvalue weighted by Gasteiger charge is 1.92. The molecule has 0 fully saturated rings. The average Bonchev–Trinajstić information content (AvgIpc) is 2.22. The van der Waals surface area contributed by atoms with Gasteiger partial charge >= 0.3 is 0 Å². The lowest BCUT2D eigenvalue weighted by Crippen LogP contribution is -2.41. The van der Waals surface area contributed by atoms with Crippen LogP contribution in [0.3, 0.4) is 0 Å². The number of nitrogens with one attached hydrogen (secondary N) is 2. The molecule has 0 spiro atoms. The third-order valence-electron chi connectivity index (χ3n) is 1.76. The van der Waals surface area contributed by atoms with E-state index in [0.29, 0.717) is 5.96 Å². The van der Waals surface area contributed by atoms with Crippen LogP contribution in [0.4, 0.5) is 0 Å². The Morgan fingerprint density at radius 3 is 2.64 bits per heavy atom. The summed E-state index contributed by atoms with van der Waals surface area (Å²) in [6.45, 7) is 4.62. The number of hydrogen-bond acceptors (Lipinski definition) is 3. The molecule has 84 valence electrons. The molecule has 0 aromatic heterocycles. The molecule has 0 saturated heterocycles. The summed E-state index contributed by atoms with van der Waals surface area (Å²) >= 11 is 0. The molecule has 0 aliphatic carbocycles. The number of rotatable bonds is 7. The van der Waals surface area contributed by atoms with Crippen LogP contribution in [0.5, 0.6) is 0 Å². The maximum Gasteiger partial charge on any atom is 0.205 e. The van der Waals surface area contributed by atoms with Gasteiger partial charge in [-0.2, -0.15) is 0 Å². The number of ether oxygens (including phenoxy) is 1. The molecule has 0 amide bonds. The van der Waals surface area contributed by atoms with Crippen LogP contribution in [0.2, 0.25) is 0 Å². The average molecular weight is 202 g/mol. The van der Waals surface area contributed by atoms with Crippen LogP contribution in [0.1, 0.15) is 26.2 Å². The monoisotopic (exact) mass is 202 g/mol. The van der Waals surface area contributed by atoms with Crippen LogP contribution in [0, 0.1) is 0 Å². The van der Waals surface area contributed by atoms with Gasteiger partial charge in [0.05, 0.1) is 0 Å². The van der Waals surface area contributed by atoms with Gasteiger partial charge in [0.2, 0.25) is 5.96 Å². The maximum atomic E-state index is 5.39. The highest BCUT2D eigenvalue weighted by molar-refractivity contribution is 5.78. The van der Waals surface area contributed by atoms with Crippen molar-refractivity contribution in [1.29, 1.82) is 0 Å². The van der Waals surface area contributed by atoms with Crippen molar-refractivity contribution in [3.05, 3.63) is 0 Å². The van der Waals surface area contributed by atoms with Gasteiger partial charge in [-0.05, 0) is 12.8 Å². The summed E-state index contributed by atoms with van der Waals surface area (Å²) in [5.41, 5.74) is 2.46. The summed E-state index contributed by atoms with van der Waals surface area (Å²) in [6.07, 6.45) is 3.28. The van der Waals surface area contributed by atoms with E-state index in [1.807, 2.05) is 0 Å². The van der Waals surface area contributed by atoms with E-state index >= 15 is 0 Å². The van der Waals surface area contributed by atoms with Gasteiger partial charge in [0.25, 0.3) is 0 Å². The van der Waals surface area contributed by atoms with Crippen molar-refractivity contribution in [2.45, 2.75) is 26.2 Å². The Balaban J connectivity index is 3.13. The number of aliphatic imine (C=N–C) groups is 1. The molecule has 0 bridgehead atoms. The first-order valence-electron chi connectivity index (χ1n) is 5.10. The van der Waals surface area contributed by atoms with Crippen LogP contribution in [-0.2, 0) is 4.74 Å². The minimum Gasteiger partial charge on any atom is -0.381 e. The Morgan fingerprint density at radius 1 is 1.36 bits per heavy atom. The van der Waals surface area contributed by atoms with Gasteiger partial charge in [-0.1, -0.05) is 13.3 Å². The summed E-state index contributed by atoms with van der Waals surface area (Å²) in [6, 6.07) is 0. The van der Waals surface area contributed by atoms with E-state index in [-0.39, 0.29) is 0 Å². The number of nitrogens with two attached hydrogens (primary N) is 1. The van der Waals surface area contributed by atoms with Crippen molar-refractivity contribution < 1.29 is 4.74 Å². The van der Waals surface area contributed by atoms with E-state index in [0.717, 1.165) is 32.6 Å². The fraction of sp³-hybridized carbons (Fsp3) is 0.889. The fourth-order valence-corrected chi connectivity index (χ4v) is 0.924. The molecule has 4 N–H and O–H groups in total. The molecule has 0 rings (SSSR count). The summed E-state index contributed by atoms with van der Waals surface area (Å²) < 4.78 is 5.39. The summed E-state index contributed by atoms with van der Waals surface area (Å²) in [5, 5.41) is 3.04. The number of unbranched alkanes of at least 4 members (excludes halogenated alkanes) is 1. The van der Waals surface area contributed by atoms with E-state index in [4.69, 9.17) is 10.6 Å². The predicted octanol–water partition coefficient (Wildman–Crippen LogP) is 0.232. The molecule has 0 aromatic rings. The largest absolute Gasteiger partial charge is 0.381 e. The molecule has 0 unspecified atom stereocenters. The lowest BCUT2D eigenvalue weighted by molar-refractivity contribution is 0.129. The Bertz CT molecular complexity index is 150.